The highest BCUT2D eigenvalue weighted by Crippen LogP contribution is 2.44. The Bertz CT molecular complexity index is 858. The Balaban J connectivity index is 1.41. The highest BCUT2D eigenvalue weighted by Gasteiger charge is 2.62. The first-order valence-electron chi connectivity index (χ1n) is 10.2. The first-order valence-corrected chi connectivity index (χ1v) is 10.2. The predicted molar refractivity (Wildman–Crippen MR) is 107 cm³/mol. The van der Waals surface area contributed by atoms with Crippen LogP contribution in [0.25, 0.3) is 0 Å². The molecule has 0 aromatic heterocycles. The van der Waals surface area contributed by atoms with E-state index < -0.39 is 54.1 Å². The van der Waals surface area contributed by atoms with Gasteiger partial charge in [0.1, 0.15) is 24.1 Å². The fourth-order valence-electron chi connectivity index (χ4n) is 4.03. The maximum Gasteiger partial charge on any atom is 0.252 e. The van der Waals surface area contributed by atoms with Crippen LogP contribution in [-0.2, 0) is 33.3 Å². The van der Waals surface area contributed by atoms with Gasteiger partial charge in [-0.05, 0) is 39.8 Å². The van der Waals surface area contributed by atoms with Crippen LogP contribution in [0.5, 0.6) is 5.75 Å². The van der Waals surface area contributed by atoms with Gasteiger partial charge in [0.05, 0.1) is 19.3 Å². The summed E-state index contributed by atoms with van der Waals surface area (Å²) in [6.07, 6.45) is -3.59. The number of para-hydroxylation sites is 2. The van der Waals surface area contributed by atoms with Crippen LogP contribution < -0.4 is 15.4 Å². The number of methoxy groups -OCH3 is 1. The lowest BCUT2D eigenvalue weighted by Crippen LogP contribution is -2.59. The molecule has 1 aromatic carbocycles. The summed E-state index contributed by atoms with van der Waals surface area (Å²) in [5, 5.41) is 5.31. The fourth-order valence-corrected chi connectivity index (χ4v) is 4.03. The topological polar surface area (TPSA) is 114 Å². The number of hydrogen-bond donors (Lipinski definition) is 2. The van der Waals surface area contributed by atoms with E-state index in [1.165, 1.54) is 7.11 Å². The molecule has 31 heavy (non-hydrogen) atoms. The molecule has 0 aliphatic carbocycles. The Morgan fingerprint density at radius 1 is 0.968 bits per heavy atom. The van der Waals surface area contributed by atoms with E-state index in [1.54, 1.807) is 52.0 Å². The smallest absolute Gasteiger partial charge is 0.252 e. The second-order valence-electron chi connectivity index (χ2n) is 8.56. The molecular formula is C21H28N2O8. The number of benzene rings is 1. The van der Waals surface area contributed by atoms with Gasteiger partial charge in [-0.25, -0.2) is 0 Å². The number of rotatable bonds is 5. The van der Waals surface area contributed by atoms with E-state index in [-0.39, 0.29) is 6.54 Å². The standard InChI is InChI=1S/C21H28N2O8/c1-20(2)28-14-15(29-20)17-19(31-21(3,4)30-17)27-16(14)18(25)22-10-13(24)23-11-8-6-7-9-12(11)26-5/h6-9,14-17,19H,10H2,1-5H3,(H,22,25)(H,23,24)/t14-,15+,16-,17-,19+/m1/s1. The van der Waals surface area contributed by atoms with E-state index in [4.69, 9.17) is 28.4 Å². The van der Waals surface area contributed by atoms with Gasteiger partial charge in [-0.1, -0.05) is 12.1 Å². The number of fused-ring (bicyclic) bond motifs is 3. The van der Waals surface area contributed by atoms with Crippen molar-refractivity contribution in [2.75, 3.05) is 19.0 Å². The molecule has 170 valence electrons. The molecule has 0 bridgehead atoms. The summed E-state index contributed by atoms with van der Waals surface area (Å²) in [4.78, 5) is 25.3. The largest absolute Gasteiger partial charge is 0.495 e. The fraction of sp³-hybridized carbons (Fsp3) is 0.619. The Kier molecular flexibility index (Phi) is 5.69. The van der Waals surface area contributed by atoms with E-state index in [2.05, 4.69) is 10.6 Å². The highest BCUT2D eigenvalue weighted by molar-refractivity contribution is 5.96. The van der Waals surface area contributed by atoms with Crippen LogP contribution in [-0.4, -0.2) is 67.7 Å². The lowest BCUT2D eigenvalue weighted by atomic mass is 9.98. The summed E-state index contributed by atoms with van der Waals surface area (Å²) >= 11 is 0. The van der Waals surface area contributed by atoms with Crippen LogP contribution >= 0.6 is 0 Å². The van der Waals surface area contributed by atoms with Crippen LogP contribution in [0.4, 0.5) is 5.69 Å². The van der Waals surface area contributed by atoms with Crippen molar-refractivity contribution in [2.24, 2.45) is 0 Å². The third-order valence-corrected chi connectivity index (χ3v) is 5.22. The average molecular weight is 436 g/mol. The van der Waals surface area contributed by atoms with E-state index in [1.807, 2.05) is 0 Å². The lowest BCUT2D eigenvalue weighted by molar-refractivity contribution is -0.231. The molecule has 10 heteroatoms. The molecule has 4 rings (SSSR count). The van der Waals surface area contributed by atoms with Crippen molar-refractivity contribution in [2.45, 2.75) is 70.0 Å². The molecule has 0 unspecified atom stereocenters. The summed E-state index contributed by atoms with van der Waals surface area (Å²) in [7, 11) is 1.51. The van der Waals surface area contributed by atoms with Crippen molar-refractivity contribution >= 4 is 17.5 Å². The number of hydrogen-bond acceptors (Lipinski definition) is 8. The molecule has 2 N–H and O–H groups in total. The minimum Gasteiger partial charge on any atom is -0.495 e. The quantitative estimate of drug-likeness (QED) is 0.707. The zero-order valence-electron chi connectivity index (χ0n) is 18.2. The minimum absolute atomic E-state index is 0.255. The first-order chi connectivity index (χ1) is 14.6. The van der Waals surface area contributed by atoms with Gasteiger partial charge in [-0.3, -0.25) is 9.59 Å². The van der Waals surface area contributed by atoms with Crippen molar-refractivity contribution in [1.82, 2.24) is 5.32 Å². The van der Waals surface area contributed by atoms with E-state index >= 15 is 0 Å². The van der Waals surface area contributed by atoms with Crippen LogP contribution in [0.2, 0.25) is 0 Å². The predicted octanol–water partition coefficient (Wildman–Crippen LogP) is 1.15. The molecule has 3 aliphatic heterocycles. The molecule has 3 fully saturated rings. The Hall–Kier alpha value is -2.24. The minimum atomic E-state index is -1.02. The number of ether oxygens (including phenoxy) is 6. The monoisotopic (exact) mass is 436 g/mol. The molecule has 3 aliphatic rings. The molecule has 10 nitrogen and oxygen atoms in total. The Labute approximate surface area is 180 Å². The molecule has 0 spiro atoms. The maximum atomic E-state index is 12.9. The van der Waals surface area contributed by atoms with Crippen molar-refractivity contribution in [3.8, 4) is 5.75 Å². The maximum absolute atomic E-state index is 12.9. The van der Waals surface area contributed by atoms with Crippen LogP contribution in [0.15, 0.2) is 24.3 Å². The van der Waals surface area contributed by atoms with E-state index in [9.17, 15) is 9.59 Å². The number of anilines is 1. The van der Waals surface area contributed by atoms with E-state index in [0.29, 0.717) is 11.4 Å². The van der Waals surface area contributed by atoms with Gasteiger partial charge in [0, 0.05) is 0 Å². The summed E-state index contributed by atoms with van der Waals surface area (Å²) in [6.45, 7) is 6.80. The molecule has 5 atom stereocenters. The van der Waals surface area contributed by atoms with Gasteiger partial charge < -0.3 is 39.1 Å². The summed E-state index contributed by atoms with van der Waals surface area (Å²) in [6, 6.07) is 7.00. The lowest BCUT2D eigenvalue weighted by Gasteiger charge is -2.36. The number of nitrogens with one attached hydrogen (secondary N) is 2. The first kappa shape index (κ1) is 22.0. The SMILES string of the molecule is COc1ccccc1NC(=O)CNC(=O)[C@@H]1O[C@H]2OC(C)(C)O[C@@H]2[C@H]2OC(C)(C)O[C@H]21. The van der Waals surface area contributed by atoms with Crippen molar-refractivity contribution < 1.29 is 38.0 Å². The molecular weight excluding hydrogens is 408 g/mol. The van der Waals surface area contributed by atoms with Crippen molar-refractivity contribution in [1.29, 1.82) is 0 Å². The summed E-state index contributed by atoms with van der Waals surface area (Å²) < 4.78 is 34.7. The number of carbonyl (C=O) groups excluding carboxylic acids is 2. The van der Waals surface area contributed by atoms with E-state index in [0.717, 1.165) is 0 Å². The molecule has 1 aromatic rings. The molecule has 3 heterocycles. The third kappa shape index (κ3) is 4.53. The van der Waals surface area contributed by atoms with Crippen molar-refractivity contribution in [3.05, 3.63) is 24.3 Å². The third-order valence-electron chi connectivity index (χ3n) is 5.22. The Morgan fingerprint density at radius 3 is 2.35 bits per heavy atom. The highest BCUT2D eigenvalue weighted by atomic mass is 16.9. The zero-order valence-corrected chi connectivity index (χ0v) is 18.2. The van der Waals surface area contributed by atoms with Crippen LogP contribution in [0.1, 0.15) is 27.7 Å². The molecule has 3 saturated heterocycles. The number of carbonyl (C=O) groups is 2. The molecule has 0 radical (unpaired) electrons. The average Bonchev–Trinajstić information content (AvgIpc) is 3.19. The summed E-state index contributed by atoms with van der Waals surface area (Å²) in [5.41, 5.74) is 0.508. The van der Waals surface area contributed by atoms with Gasteiger partial charge in [0.25, 0.3) is 5.91 Å². The molecule has 0 saturated carbocycles. The van der Waals surface area contributed by atoms with Gasteiger partial charge in [0.15, 0.2) is 24.0 Å². The normalized spacial score (nSPS) is 32.6. The van der Waals surface area contributed by atoms with Gasteiger partial charge >= 0.3 is 0 Å². The van der Waals surface area contributed by atoms with Gasteiger partial charge in [0.2, 0.25) is 5.91 Å². The van der Waals surface area contributed by atoms with Crippen LogP contribution in [0.3, 0.4) is 0 Å². The van der Waals surface area contributed by atoms with Crippen LogP contribution in [0, 0.1) is 0 Å². The molecule has 2 amide bonds. The Morgan fingerprint density at radius 2 is 1.61 bits per heavy atom. The second kappa shape index (κ2) is 8.03. The summed E-state index contributed by atoms with van der Waals surface area (Å²) in [5.74, 6) is -2.18. The van der Waals surface area contributed by atoms with Gasteiger partial charge in [-0.15, -0.1) is 0 Å². The van der Waals surface area contributed by atoms with Crippen molar-refractivity contribution in [3.63, 3.8) is 0 Å². The van der Waals surface area contributed by atoms with Gasteiger partial charge in [-0.2, -0.15) is 0 Å². The zero-order chi connectivity index (χ0) is 22.4. The number of amides is 2. The second-order valence-corrected chi connectivity index (χ2v) is 8.56.